The minimum Gasteiger partial charge on any atom is -0.612 e. The predicted molar refractivity (Wildman–Crippen MR) is 69.7 cm³/mol. The van der Waals surface area contributed by atoms with E-state index in [-0.39, 0.29) is 21.0 Å². The second kappa shape index (κ2) is 7.00. The van der Waals surface area contributed by atoms with Gasteiger partial charge in [0.15, 0.2) is 4.90 Å². The Hall–Kier alpha value is -0.470. The Morgan fingerprint density at radius 2 is 2.05 bits per heavy atom. The van der Waals surface area contributed by atoms with Gasteiger partial charge in [0.1, 0.15) is 12.9 Å². The van der Waals surface area contributed by atoms with Crippen LogP contribution >= 0.6 is 23.2 Å². The van der Waals surface area contributed by atoms with Crippen LogP contribution in [0.5, 0.6) is 0 Å². The van der Waals surface area contributed by atoms with Crippen molar-refractivity contribution in [1.82, 2.24) is 0 Å². The maximum absolute atomic E-state index is 12.0. The summed E-state index contributed by atoms with van der Waals surface area (Å²) in [6.45, 7) is -2.00. The van der Waals surface area contributed by atoms with Crippen LogP contribution in [0.2, 0.25) is 5.02 Å². The molecule has 0 aliphatic rings. The Morgan fingerprint density at radius 1 is 1.45 bits per heavy atom. The molecule has 0 radical (unpaired) electrons. The van der Waals surface area contributed by atoms with Crippen LogP contribution in [0.15, 0.2) is 17.0 Å². The highest BCUT2D eigenvalue weighted by Crippen LogP contribution is 2.30. The summed E-state index contributed by atoms with van der Waals surface area (Å²) in [5.41, 5.74) is -0.0172. The Labute approximate surface area is 126 Å². The lowest BCUT2D eigenvalue weighted by molar-refractivity contribution is -0.176. The average Bonchev–Trinajstić information content (AvgIpc) is 2.28. The van der Waals surface area contributed by atoms with E-state index in [9.17, 15) is 22.5 Å². The molecule has 0 aliphatic heterocycles. The third-order valence-electron chi connectivity index (χ3n) is 2.23. The number of ether oxygens (including phenoxy) is 1. The Kier molecular flexibility index (Phi) is 6.15. The molecule has 0 aromatic heterocycles. The molecule has 0 bridgehead atoms. The Morgan fingerprint density at radius 3 is 2.50 bits per heavy atom. The molecule has 0 saturated carbocycles. The molecule has 0 fully saturated rings. The van der Waals surface area contributed by atoms with Gasteiger partial charge in [0.25, 0.3) is 5.24 Å². The third-order valence-corrected chi connectivity index (χ3v) is 3.87. The zero-order valence-corrected chi connectivity index (χ0v) is 12.4. The third kappa shape index (κ3) is 4.82. The van der Waals surface area contributed by atoms with Gasteiger partial charge in [0.2, 0.25) is 0 Å². The molecule has 0 spiro atoms. The molecule has 0 amide bonds. The van der Waals surface area contributed by atoms with Gasteiger partial charge in [0, 0.05) is 0 Å². The summed E-state index contributed by atoms with van der Waals surface area (Å²) in [6.07, 6.45) is -3.15. The summed E-state index contributed by atoms with van der Waals surface area (Å²) in [5, 5.41) is -1.01. The monoisotopic (exact) mass is 348 g/mol. The van der Waals surface area contributed by atoms with E-state index in [4.69, 9.17) is 23.2 Å². The Bertz CT molecular complexity index is 506. The fourth-order valence-corrected chi connectivity index (χ4v) is 2.76. The van der Waals surface area contributed by atoms with Gasteiger partial charge in [-0.1, -0.05) is 11.6 Å². The molecule has 112 valence electrons. The van der Waals surface area contributed by atoms with Gasteiger partial charge in [-0.05, 0) is 34.9 Å². The molecule has 3 nitrogen and oxygen atoms in total. The van der Waals surface area contributed by atoms with Crippen molar-refractivity contribution in [2.75, 3.05) is 12.9 Å². The van der Waals surface area contributed by atoms with E-state index in [0.29, 0.717) is 0 Å². The smallest absolute Gasteiger partial charge is 0.411 e. The van der Waals surface area contributed by atoms with Crippen molar-refractivity contribution in [2.24, 2.45) is 0 Å². The lowest BCUT2D eigenvalue weighted by atomic mass is 10.1. The number of halogens is 5. The molecule has 0 N–H and O–H groups in total. The highest BCUT2D eigenvalue weighted by atomic mass is 35.5. The van der Waals surface area contributed by atoms with Crippen molar-refractivity contribution in [1.29, 1.82) is 0 Å². The maximum atomic E-state index is 12.0. The van der Waals surface area contributed by atoms with Crippen molar-refractivity contribution in [2.45, 2.75) is 17.7 Å². The largest absolute Gasteiger partial charge is 0.612 e. The molecule has 0 heterocycles. The molecule has 0 saturated heterocycles. The summed E-state index contributed by atoms with van der Waals surface area (Å²) in [4.78, 5) is 11.3. The zero-order valence-electron chi connectivity index (χ0n) is 10.1. The van der Waals surface area contributed by atoms with Crippen LogP contribution in [0.4, 0.5) is 13.2 Å². The van der Waals surface area contributed by atoms with Crippen molar-refractivity contribution < 1.29 is 27.3 Å². The molecule has 1 rings (SSSR count). The zero-order chi connectivity index (χ0) is 15.5. The number of benzene rings is 1. The highest BCUT2D eigenvalue weighted by Gasteiger charge is 2.28. The number of carbonyl (C=O) groups excluding carboxylic acids is 1. The number of alkyl halides is 3. The highest BCUT2D eigenvalue weighted by molar-refractivity contribution is 7.90. The van der Waals surface area contributed by atoms with E-state index >= 15 is 0 Å². The van der Waals surface area contributed by atoms with E-state index in [2.05, 4.69) is 4.74 Å². The van der Waals surface area contributed by atoms with Crippen LogP contribution in [0, 0.1) is 0 Å². The van der Waals surface area contributed by atoms with Crippen LogP contribution in [0.3, 0.4) is 0 Å². The minimum absolute atomic E-state index is 0.0586. The minimum atomic E-state index is -4.49. The molecular weight excluding hydrogens is 340 g/mol. The molecule has 9 heteroatoms. The summed E-state index contributed by atoms with van der Waals surface area (Å²) in [5.74, 6) is 0. The molecule has 1 atom stereocenters. The van der Waals surface area contributed by atoms with E-state index in [0.717, 1.165) is 0 Å². The quantitative estimate of drug-likeness (QED) is 0.604. The summed E-state index contributed by atoms with van der Waals surface area (Å²) in [6, 6.07) is 2.59. The molecular formula is C11H9Cl2F3O3S. The van der Waals surface area contributed by atoms with Crippen molar-refractivity contribution in [3.63, 3.8) is 0 Å². The average molecular weight is 349 g/mol. The number of carbonyl (C=O) groups is 1. The van der Waals surface area contributed by atoms with Crippen LogP contribution < -0.4 is 0 Å². The molecule has 1 unspecified atom stereocenters. The van der Waals surface area contributed by atoms with E-state index in [1.807, 2.05) is 0 Å². The van der Waals surface area contributed by atoms with Gasteiger partial charge in [-0.15, -0.1) is 0 Å². The Balaban J connectivity index is 3.07. The van der Waals surface area contributed by atoms with Crippen LogP contribution in [-0.2, 0) is 22.5 Å². The second-order valence-electron chi connectivity index (χ2n) is 3.74. The lowest BCUT2D eigenvalue weighted by Gasteiger charge is -2.14. The van der Waals surface area contributed by atoms with Gasteiger partial charge in [-0.3, -0.25) is 4.79 Å². The molecule has 1 aromatic rings. The number of hydrogen-bond donors (Lipinski definition) is 0. The molecule has 1 aromatic carbocycles. The van der Waals surface area contributed by atoms with Crippen LogP contribution in [0.1, 0.15) is 15.9 Å². The van der Waals surface area contributed by atoms with Gasteiger partial charge in [-0.2, -0.15) is 13.2 Å². The lowest BCUT2D eigenvalue weighted by Crippen LogP contribution is -2.17. The molecule has 20 heavy (non-hydrogen) atoms. The predicted octanol–water partition coefficient (Wildman–Crippen LogP) is 3.54. The SMILES string of the molecule is C[S+]([O-])c1ccc(C(=O)Cl)c(Cl)c1COCC(F)(F)F. The fraction of sp³-hybridized carbons (Fsp3) is 0.364. The topological polar surface area (TPSA) is 49.4 Å². The van der Waals surface area contributed by atoms with Gasteiger partial charge in [-0.25, -0.2) is 0 Å². The van der Waals surface area contributed by atoms with E-state index < -0.39 is 35.8 Å². The number of rotatable bonds is 5. The van der Waals surface area contributed by atoms with E-state index in [1.54, 1.807) is 0 Å². The van der Waals surface area contributed by atoms with Crippen LogP contribution in [0.25, 0.3) is 0 Å². The summed E-state index contributed by atoms with van der Waals surface area (Å²) >= 11 is 9.70. The van der Waals surface area contributed by atoms with Gasteiger partial charge < -0.3 is 9.29 Å². The van der Waals surface area contributed by atoms with Gasteiger partial charge >= 0.3 is 6.18 Å². The normalized spacial score (nSPS) is 13.3. The van der Waals surface area contributed by atoms with Gasteiger partial charge in [0.05, 0.1) is 22.8 Å². The van der Waals surface area contributed by atoms with Crippen molar-refractivity contribution in [3.05, 3.63) is 28.3 Å². The first-order chi connectivity index (χ1) is 9.13. The second-order valence-corrected chi connectivity index (χ2v) is 5.81. The van der Waals surface area contributed by atoms with Crippen LogP contribution in [-0.4, -0.2) is 28.8 Å². The van der Waals surface area contributed by atoms with E-state index in [1.165, 1.54) is 18.4 Å². The van der Waals surface area contributed by atoms with Crippen molar-refractivity contribution in [3.8, 4) is 0 Å². The standard InChI is InChI=1S/C11H9Cl2F3O3S/c1-20(18)8-3-2-6(10(13)17)9(12)7(8)4-19-5-11(14,15)16/h2-3H,4-5H2,1H3. The summed E-state index contributed by atoms with van der Waals surface area (Å²) in [7, 11) is 0. The molecule has 0 aliphatic carbocycles. The number of hydrogen-bond acceptors (Lipinski definition) is 3. The fourth-order valence-electron chi connectivity index (χ4n) is 1.43. The first-order valence-corrected chi connectivity index (χ1v) is 7.44. The summed E-state index contributed by atoms with van der Waals surface area (Å²) < 4.78 is 52.1. The first-order valence-electron chi connectivity index (χ1n) is 5.12. The van der Waals surface area contributed by atoms with Crippen molar-refractivity contribution >= 4 is 39.6 Å². The first kappa shape index (κ1) is 17.6. The maximum Gasteiger partial charge on any atom is 0.411 e.